The number of carboxylic acids is 1. The van der Waals surface area contributed by atoms with Crippen molar-refractivity contribution in [3.63, 3.8) is 0 Å². The van der Waals surface area contributed by atoms with Crippen LogP contribution in [-0.2, 0) is 4.79 Å². The van der Waals surface area contributed by atoms with Crippen molar-refractivity contribution in [2.75, 3.05) is 11.5 Å². The molecule has 0 amide bonds. The van der Waals surface area contributed by atoms with Crippen molar-refractivity contribution in [2.45, 2.75) is 12.8 Å². The Morgan fingerprint density at radius 2 is 2.33 bits per heavy atom. The van der Waals surface area contributed by atoms with Gasteiger partial charge in [-0.15, -0.1) is 0 Å². The van der Waals surface area contributed by atoms with Crippen molar-refractivity contribution in [3.05, 3.63) is 23.9 Å². The number of carboxylic acid groups (broad SMARTS) is 1. The van der Waals surface area contributed by atoms with E-state index < -0.39 is 11.9 Å². The van der Waals surface area contributed by atoms with Crippen molar-refractivity contribution in [3.8, 4) is 0 Å². The Kier molecular flexibility index (Phi) is 3.96. The maximum Gasteiger partial charge on any atom is 0.307 e. The number of aliphatic carboxylic acids is 1. The second-order valence-corrected chi connectivity index (χ2v) is 3.80. The summed E-state index contributed by atoms with van der Waals surface area (Å²) in [5.74, 6) is -0.717. The maximum atomic E-state index is 10.9. The Morgan fingerprint density at radius 3 is 2.73 bits per heavy atom. The number of rotatable bonds is 4. The first-order chi connectivity index (χ1) is 7.06. The number of thiol groups is 1. The molecule has 1 aromatic rings. The number of nitrogen functional groups attached to an aromatic ring is 1. The second-order valence-electron chi connectivity index (χ2n) is 3.43. The van der Waals surface area contributed by atoms with E-state index in [0.717, 1.165) is 5.56 Å². The first kappa shape index (κ1) is 11.8. The lowest BCUT2D eigenvalue weighted by molar-refractivity contribution is -0.141. The Labute approximate surface area is 93.9 Å². The Balaban J connectivity index is 2.87. The zero-order chi connectivity index (χ0) is 11.4. The maximum absolute atomic E-state index is 10.9. The highest BCUT2D eigenvalue weighted by atomic mass is 32.1. The van der Waals surface area contributed by atoms with Crippen LogP contribution in [0.3, 0.4) is 0 Å². The number of carbonyl (C=O) groups is 1. The molecule has 4 nitrogen and oxygen atoms in total. The van der Waals surface area contributed by atoms with Crippen molar-refractivity contribution >= 4 is 24.4 Å². The first-order valence-electron chi connectivity index (χ1n) is 4.61. The highest BCUT2D eigenvalue weighted by Gasteiger charge is 2.24. The lowest BCUT2D eigenvalue weighted by Crippen LogP contribution is -2.22. The van der Waals surface area contributed by atoms with E-state index >= 15 is 0 Å². The molecule has 0 bridgehead atoms. The zero-order valence-corrected chi connectivity index (χ0v) is 9.32. The molecule has 0 aromatic carbocycles. The standard InChI is InChI=1S/C10H14N2O2S/c1-6(8(5-15)10(13)14)7-2-3-9(11)12-4-7/h2-4,6,8,15H,5H2,1H3,(H2,11,12)(H,13,14). The molecule has 0 radical (unpaired) electrons. The van der Waals surface area contributed by atoms with Crippen molar-refractivity contribution < 1.29 is 9.90 Å². The molecule has 1 aromatic heterocycles. The van der Waals surface area contributed by atoms with Gasteiger partial charge in [0, 0.05) is 11.9 Å². The summed E-state index contributed by atoms with van der Waals surface area (Å²) >= 11 is 4.04. The van der Waals surface area contributed by atoms with Crippen LogP contribution in [0.1, 0.15) is 18.4 Å². The van der Waals surface area contributed by atoms with Crippen LogP contribution in [0.4, 0.5) is 5.82 Å². The van der Waals surface area contributed by atoms with Crippen LogP contribution in [0.25, 0.3) is 0 Å². The predicted molar refractivity (Wildman–Crippen MR) is 62.0 cm³/mol. The summed E-state index contributed by atoms with van der Waals surface area (Å²) in [6.45, 7) is 1.85. The van der Waals surface area contributed by atoms with Gasteiger partial charge in [-0.3, -0.25) is 4.79 Å². The summed E-state index contributed by atoms with van der Waals surface area (Å²) in [6, 6.07) is 3.47. The fraction of sp³-hybridized carbons (Fsp3) is 0.400. The van der Waals surface area contributed by atoms with Crippen molar-refractivity contribution in [1.82, 2.24) is 4.98 Å². The van der Waals surface area contributed by atoms with E-state index in [2.05, 4.69) is 17.6 Å². The topological polar surface area (TPSA) is 76.2 Å². The minimum Gasteiger partial charge on any atom is -0.481 e. The number of aromatic nitrogens is 1. The summed E-state index contributed by atoms with van der Waals surface area (Å²) in [4.78, 5) is 14.9. The number of nitrogens with two attached hydrogens (primary N) is 1. The molecule has 1 rings (SSSR count). The third kappa shape index (κ3) is 2.86. The summed E-state index contributed by atoms with van der Waals surface area (Å²) in [5, 5.41) is 8.97. The Morgan fingerprint density at radius 1 is 1.67 bits per heavy atom. The van der Waals surface area contributed by atoms with Gasteiger partial charge in [-0.1, -0.05) is 13.0 Å². The fourth-order valence-corrected chi connectivity index (χ4v) is 1.84. The van der Waals surface area contributed by atoms with Gasteiger partial charge in [0.15, 0.2) is 0 Å². The summed E-state index contributed by atoms with van der Waals surface area (Å²) in [6.07, 6.45) is 1.61. The van der Waals surface area contributed by atoms with Gasteiger partial charge >= 0.3 is 5.97 Å². The van der Waals surface area contributed by atoms with Gasteiger partial charge in [-0.2, -0.15) is 12.6 Å². The number of nitrogens with zero attached hydrogens (tertiary/aromatic N) is 1. The van der Waals surface area contributed by atoms with Crippen molar-refractivity contribution in [2.24, 2.45) is 5.92 Å². The summed E-state index contributed by atoms with van der Waals surface area (Å²) in [7, 11) is 0. The van der Waals surface area contributed by atoms with Crippen LogP contribution in [0.2, 0.25) is 0 Å². The second kappa shape index (κ2) is 5.02. The van der Waals surface area contributed by atoms with Crippen LogP contribution in [0.15, 0.2) is 18.3 Å². The van der Waals surface area contributed by atoms with Gasteiger partial charge in [0.05, 0.1) is 5.92 Å². The molecule has 15 heavy (non-hydrogen) atoms. The molecule has 0 aliphatic rings. The molecule has 2 unspecified atom stereocenters. The normalized spacial score (nSPS) is 14.5. The third-order valence-corrected chi connectivity index (χ3v) is 2.85. The van der Waals surface area contributed by atoms with Gasteiger partial charge in [0.25, 0.3) is 0 Å². The highest BCUT2D eigenvalue weighted by molar-refractivity contribution is 7.80. The molecule has 2 atom stereocenters. The molecule has 0 aliphatic carbocycles. The molecule has 0 saturated heterocycles. The van der Waals surface area contributed by atoms with E-state index in [0.29, 0.717) is 11.6 Å². The largest absolute Gasteiger partial charge is 0.481 e. The van der Waals surface area contributed by atoms with Gasteiger partial charge in [-0.05, 0) is 17.5 Å². The van der Waals surface area contributed by atoms with Crippen LogP contribution in [-0.4, -0.2) is 21.8 Å². The molecule has 1 heterocycles. The third-order valence-electron chi connectivity index (χ3n) is 2.45. The van der Waals surface area contributed by atoms with Gasteiger partial charge in [0.1, 0.15) is 5.82 Å². The monoisotopic (exact) mass is 226 g/mol. The van der Waals surface area contributed by atoms with E-state index in [-0.39, 0.29) is 5.92 Å². The fourth-order valence-electron chi connectivity index (χ4n) is 1.37. The van der Waals surface area contributed by atoms with E-state index in [4.69, 9.17) is 10.8 Å². The van der Waals surface area contributed by atoms with Gasteiger partial charge < -0.3 is 10.8 Å². The average molecular weight is 226 g/mol. The minimum atomic E-state index is -0.839. The minimum absolute atomic E-state index is 0.118. The first-order valence-corrected chi connectivity index (χ1v) is 5.24. The molecule has 0 saturated carbocycles. The molecule has 0 spiro atoms. The Bertz CT molecular complexity index is 340. The molecule has 82 valence electrons. The lowest BCUT2D eigenvalue weighted by atomic mass is 9.90. The molecular weight excluding hydrogens is 212 g/mol. The van der Waals surface area contributed by atoms with E-state index in [1.165, 1.54) is 0 Å². The van der Waals surface area contributed by atoms with Crippen LogP contribution < -0.4 is 5.73 Å². The van der Waals surface area contributed by atoms with Crippen molar-refractivity contribution in [1.29, 1.82) is 0 Å². The molecule has 5 heteroatoms. The van der Waals surface area contributed by atoms with Gasteiger partial charge in [-0.25, -0.2) is 4.98 Å². The quantitative estimate of drug-likeness (QED) is 0.678. The van der Waals surface area contributed by atoms with Crippen LogP contribution in [0, 0.1) is 5.92 Å². The van der Waals surface area contributed by atoms with Crippen LogP contribution in [0.5, 0.6) is 0 Å². The number of hydrogen-bond acceptors (Lipinski definition) is 4. The zero-order valence-electron chi connectivity index (χ0n) is 8.42. The number of hydrogen-bond donors (Lipinski definition) is 3. The summed E-state index contributed by atoms with van der Waals surface area (Å²) < 4.78 is 0. The smallest absolute Gasteiger partial charge is 0.307 e. The predicted octanol–water partition coefficient (Wildman–Crippen LogP) is 1.40. The Hall–Kier alpha value is -1.23. The number of pyridine rings is 1. The summed E-state index contributed by atoms with van der Waals surface area (Å²) in [5.41, 5.74) is 6.32. The highest BCUT2D eigenvalue weighted by Crippen LogP contribution is 2.25. The molecule has 0 fully saturated rings. The van der Waals surface area contributed by atoms with E-state index in [1.54, 1.807) is 18.3 Å². The molecule has 3 N–H and O–H groups in total. The number of anilines is 1. The molecule has 0 aliphatic heterocycles. The van der Waals surface area contributed by atoms with Gasteiger partial charge in [0.2, 0.25) is 0 Å². The van der Waals surface area contributed by atoms with E-state index in [9.17, 15) is 4.79 Å². The lowest BCUT2D eigenvalue weighted by Gasteiger charge is -2.18. The SMILES string of the molecule is CC(c1ccc(N)nc1)C(CS)C(=O)O. The average Bonchev–Trinajstić information content (AvgIpc) is 2.19. The van der Waals surface area contributed by atoms with Crippen LogP contribution >= 0.6 is 12.6 Å². The van der Waals surface area contributed by atoms with E-state index in [1.807, 2.05) is 6.92 Å². The molecular formula is C10H14N2O2S.